The van der Waals surface area contributed by atoms with E-state index in [1.165, 1.54) is 4.90 Å². The van der Waals surface area contributed by atoms with Crippen LogP contribution in [0.5, 0.6) is 5.75 Å². The minimum Gasteiger partial charge on any atom is -0.495 e. The zero-order valence-electron chi connectivity index (χ0n) is 12.3. The molecule has 0 spiro atoms. The highest BCUT2D eigenvalue weighted by Crippen LogP contribution is 2.22. The first-order valence-electron chi connectivity index (χ1n) is 6.25. The summed E-state index contributed by atoms with van der Waals surface area (Å²) in [4.78, 5) is 26.6. The predicted molar refractivity (Wildman–Crippen MR) is 77.8 cm³/mol. The summed E-state index contributed by atoms with van der Waals surface area (Å²) in [5.41, 5.74) is 0.618. The summed E-state index contributed by atoms with van der Waals surface area (Å²) in [5, 5.41) is 2.76. The molecule has 0 aliphatic heterocycles. The Bertz CT molecular complexity index is 474. The number of hydrogen-bond donors (Lipinski definition) is 1. The highest BCUT2D eigenvalue weighted by Gasteiger charge is 2.13. The third-order valence-corrected chi connectivity index (χ3v) is 2.70. The molecule has 6 nitrogen and oxygen atoms in total. The van der Waals surface area contributed by atoms with Gasteiger partial charge in [0.15, 0.2) is 0 Å². The van der Waals surface area contributed by atoms with Gasteiger partial charge in [0.2, 0.25) is 11.8 Å². The van der Waals surface area contributed by atoms with Crippen LogP contribution in [0.15, 0.2) is 24.3 Å². The van der Waals surface area contributed by atoms with Crippen LogP contribution in [0.3, 0.4) is 0 Å². The van der Waals surface area contributed by atoms with E-state index in [0.717, 1.165) is 0 Å². The van der Waals surface area contributed by atoms with Crippen molar-refractivity contribution >= 4 is 17.5 Å². The number of ether oxygens (including phenoxy) is 1. The number of methoxy groups -OCH3 is 1. The largest absolute Gasteiger partial charge is 0.495 e. The fourth-order valence-electron chi connectivity index (χ4n) is 1.61. The Hall–Kier alpha value is -2.08. The molecule has 6 heteroatoms. The number of benzene rings is 1. The van der Waals surface area contributed by atoms with E-state index in [2.05, 4.69) is 5.32 Å². The first-order valence-corrected chi connectivity index (χ1v) is 6.25. The molecule has 20 heavy (non-hydrogen) atoms. The van der Waals surface area contributed by atoms with Gasteiger partial charge in [0.05, 0.1) is 25.9 Å². The minimum atomic E-state index is -0.191. The van der Waals surface area contributed by atoms with Crippen LogP contribution in [0.4, 0.5) is 5.69 Å². The number of rotatable bonds is 6. The van der Waals surface area contributed by atoms with Gasteiger partial charge in [0.1, 0.15) is 5.75 Å². The van der Waals surface area contributed by atoms with Crippen molar-refractivity contribution in [2.24, 2.45) is 0 Å². The topological polar surface area (TPSA) is 61.9 Å². The van der Waals surface area contributed by atoms with Crippen molar-refractivity contribution in [1.82, 2.24) is 9.80 Å². The Morgan fingerprint density at radius 3 is 2.40 bits per heavy atom. The van der Waals surface area contributed by atoms with E-state index >= 15 is 0 Å². The van der Waals surface area contributed by atoms with E-state index in [0.29, 0.717) is 11.4 Å². The molecule has 0 bridgehead atoms. The molecule has 0 aliphatic carbocycles. The number of nitrogens with zero attached hydrogens (tertiary/aromatic N) is 2. The van der Waals surface area contributed by atoms with Crippen LogP contribution in [-0.4, -0.2) is 63.0 Å². The van der Waals surface area contributed by atoms with Crippen molar-refractivity contribution in [3.8, 4) is 5.75 Å². The number of nitrogens with one attached hydrogen (secondary N) is 1. The SMILES string of the molecule is COc1ccccc1NC(=O)CN(C)CC(=O)N(C)C. The summed E-state index contributed by atoms with van der Waals surface area (Å²) in [6, 6.07) is 7.18. The third kappa shape index (κ3) is 4.89. The summed E-state index contributed by atoms with van der Waals surface area (Å²) in [5.74, 6) is 0.369. The molecule has 0 fully saturated rings. The number of anilines is 1. The maximum absolute atomic E-state index is 11.9. The summed E-state index contributed by atoms with van der Waals surface area (Å²) in [6.07, 6.45) is 0. The molecule has 0 saturated heterocycles. The van der Waals surface area contributed by atoms with Crippen LogP contribution in [0, 0.1) is 0 Å². The number of carbonyl (C=O) groups is 2. The van der Waals surface area contributed by atoms with E-state index in [9.17, 15) is 9.59 Å². The molecular weight excluding hydrogens is 258 g/mol. The molecule has 1 rings (SSSR count). The van der Waals surface area contributed by atoms with E-state index in [-0.39, 0.29) is 24.9 Å². The van der Waals surface area contributed by atoms with Crippen molar-refractivity contribution in [2.75, 3.05) is 46.7 Å². The Morgan fingerprint density at radius 1 is 1.15 bits per heavy atom. The van der Waals surface area contributed by atoms with Gasteiger partial charge in [-0.15, -0.1) is 0 Å². The fraction of sp³-hybridized carbons (Fsp3) is 0.429. The average molecular weight is 279 g/mol. The summed E-state index contributed by atoms with van der Waals surface area (Å²) < 4.78 is 5.16. The third-order valence-electron chi connectivity index (χ3n) is 2.70. The molecule has 0 aliphatic rings. The van der Waals surface area contributed by atoms with Gasteiger partial charge in [-0.1, -0.05) is 12.1 Å². The summed E-state index contributed by atoms with van der Waals surface area (Å²) >= 11 is 0. The summed E-state index contributed by atoms with van der Waals surface area (Å²) in [6.45, 7) is 0.337. The van der Waals surface area contributed by atoms with Gasteiger partial charge in [-0.3, -0.25) is 14.5 Å². The molecular formula is C14H21N3O3. The smallest absolute Gasteiger partial charge is 0.238 e. The summed E-state index contributed by atoms with van der Waals surface area (Å²) in [7, 11) is 6.65. The molecule has 1 N–H and O–H groups in total. The van der Waals surface area contributed by atoms with Gasteiger partial charge < -0.3 is 15.0 Å². The van der Waals surface area contributed by atoms with Crippen molar-refractivity contribution in [2.45, 2.75) is 0 Å². The molecule has 0 atom stereocenters. The van der Waals surface area contributed by atoms with Gasteiger partial charge in [0, 0.05) is 14.1 Å². The standard InChI is InChI=1S/C14H21N3O3/c1-16(2)14(19)10-17(3)9-13(18)15-11-7-5-6-8-12(11)20-4/h5-8H,9-10H2,1-4H3,(H,15,18). The molecule has 2 amide bonds. The highest BCUT2D eigenvalue weighted by molar-refractivity contribution is 5.94. The zero-order valence-corrected chi connectivity index (χ0v) is 12.3. The van der Waals surface area contributed by atoms with Crippen LogP contribution < -0.4 is 10.1 Å². The van der Waals surface area contributed by atoms with Gasteiger partial charge in [-0.2, -0.15) is 0 Å². The maximum atomic E-state index is 11.9. The second-order valence-corrected chi connectivity index (χ2v) is 4.71. The minimum absolute atomic E-state index is 0.0439. The average Bonchev–Trinajstić information content (AvgIpc) is 2.38. The van der Waals surface area contributed by atoms with Gasteiger partial charge >= 0.3 is 0 Å². The predicted octanol–water partition coefficient (Wildman–Crippen LogP) is 0.654. The Kier molecular flexibility index (Phi) is 5.99. The molecule has 110 valence electrons. The first kappa shape index (κ1) is 16.0. The van der Waals surface area contributed by atoms with Crippen molar-refractivity contribution in [3.05, 3.63) is 24.3 Å². The maximum Gasteiger partial charge on any atom is 0.238 e. The lowest BCUT2D eigenvalue weighted by molar-refractivity contribution is -0.130. The van der Waals surface area contributed by atoms with Crippen molar-refractivity contribution < 1.29 is 14.3 Å². The van der Waals surface area contributed by atoms with Crippen LogP contribution in [-0.2, 0) is 9.59 Å². The Labute approximate surface area is 119 Å². The molecule has 1 aromatic rings. The van der Waals surface area contributed by atoms with E-state index in [4.69, 9.17) is 4.74 Å². The van der Waals surface area contributed by atoms with Crippen LogP contribution in [0.2, 0.25) is 0 Å². The first-order chi connectivity index (χ1) is 9.43. The van der Waals surface area contributed by atoms with Gasteiger partial charge in [-0.25, -0.2) is 0 Å². The zero-order chi connectivity index (χ0) is 15.1. The van der Waals surface area contributed by atoms with Crippen LogP contribution in [0.25, 0.3) is 0 Å². The van der Waals surface area contributed by atoms with Gasteiger partial charge in [0.25, 0.3) is 0 Å². The second kappa shape index (κ2) is 7.49. The Morgan fingerprint density at radius 2 is 1.80 bits per heavy atom. The van der Waals surface area contributed by atoms with Gasteiger partial charge in [-0.05, 0) is 19.2 Å². The van der Waals surface area contributed by atoms with E-state index in [1.807, 2.05) is 12.1 Å². The van der Waals surface area contributed by atoms with Crippen molar-refractivity contribution in [3.63, 3.8) is 0 Å². The monoisotopic (exact) mass is 279 g/mol. The van der Waals surface area contributed by atoms with Crippen LogP contribution in [0.1, 0.15) is 0 Å². The number of para-hydroxylation sites is 2. The van der Waals surface area contributed by atoms with E-state index < -0.39 is 0 Å². The lowest BCUT2D eigenvalue weighted by Crippen LogP contribution is -2.38. The number of likely N-dealkylation sites (N-methyl/N-ethyl adjacent to an activating group) is 2. The molecule has 0 aromatic heterocycles. The van der Waals surface area contributed by atoms with Crippen LogP contribution >= 0.6 is 0 Å². The molecule has 1 aromatic carbocycles. The number of amides is 2. The molecule has 0 heterocycles. The van der Waals surface area contributed by atoms with E-state index in [1.54, 1.807) is 45.3 Å². The Balaban J connectivity index is 2.53. The quantitative estimate of drug-likeness (QED) is 0.830. The lowest BCUT2D eigenvalue weighted by atomic mass is 10.3. The number of carbonyl (C=O) groups excluding carboxylic acids is 2. The highest BCUT2D eigenvalue weighted by atomic mass is 16.5. The molecule has 0 saturated carbocycles. The fourth-order valence-corrected chi connectivity index (χ4v) is 1.61. The molecule has 0 unspecified atom stereocenters. The van der Waals surface area contributed by atoms with Crippen molar-refractivity contribution in [1.29, 1.82) is 0 Å². The lowest BCUT2D eigenvalue weighted by Gasteiger charge is -2.18. The normalized spacial score (nSPS) is 10.2. The molecule has 0 radical (unpaired) electrons. The number of hydrogen-bond acceptors (Lipinski definition) is 4. The second-order valence-electron chi connectivity index (χ2n) is 4.71.